The number of hydrogen-bond donors (Lipinski definition) is 0. The zero-order valence-electron chi connectivity index (χ0n) is 10.3. The third-order valence-corrected chi connectivity index (χ3v) is 5.55. The SMILES string of the molecule is CB(C)CC=C[Si](C)(C)c1ccccc1. The fourth-order valence-corrected chi connectivity index (χ4v) is 3.57. The second-order valence-electron chi connectivity index (χ2n) is 5.12. The topological polar surface area (TPSA) is 0 Å². The maximum absolute atomic E-state index is 2.46. The molecule has 0 nitrogen and oxygen atoms in total. The molecule has 2 heteroatoms. The van der Waals surface area contributed by atoms with E-state index in [0.29, 0.717) is 0 Å². The van der Waals surface area contributed by atoms with Gasteiger partial charge in [0.25, 0.3) is 0 Å². The Morgan fingerprint density at radius 2 is 1.73 bits per heavy atom. The van der Waals surface area contributed by atoms with E-state index in [1.165, 1.54) is 11.5 Å². The second kappa shape index (κ2) is 5.36. The second-order valence-corrected chi connectivity index (χ2v) is 9.47. The zero-order valence-corrected chi connectivity index (χ0v) is 11.3. The Bertz CT molecular complexity index is 315. The van der Waals surface area contributed by atoms with Crippen LogP contribution in [0.25, 0.3) is 0 Å². The van der Waals surface area contributed by atoms with E-state index in [9.17, 15) is 0 Å². The van der Waals surface area contributed by atoms with Gasteiger partial charge in [0.1, 0.15) is 14.8 Å². The summed E-state index contributed by atoms with van der Waals surface area (Å²) in [6.07, 6.45) is 3.56. The van der Waals surface area contributed by atoms with Crippen LogP contribution < -0.4 is 5.19 Å². The minimum Gasteiger partial charge on any atom is -0.0992 e. The summed E-state index contributed by atoms with van der Waals surface area (Å²) in [6, 6.07) is 10.9. The summed E-state index contributed by atoms with van der Waals surface area (Å²) in [5.74, 6) is 0. The van der Waals surface area contributed by atoms with Gasteiger partial charge in [-0.1, -0.05) is 80.4 Å². The molecule has 1 aromatic rings. The minimum atomic E-state index is -1.33. The molecule has 0 amide bonds. The highest BCUT2D eigenvalue weighted by Crippen LogP contribution is 2.06. The molecule has 80 valence electrons. The molecule has 0 heterocycles. The highest BCUT2D eigenvalue weighted by molar-refractivity contribution is 6.94. The van der Waals surface area contributed by atoms with E-state index in [0.717, 1.165) is 6.71 Å². The van der Waals surface area contributed by atoms with Crippen molar-refractivity contribution in [2.75, 3.05) is 0 Å². The van der Waals surface area contributed by atoms with Crippen molar-refractivity contribution in [2.45, 2.75) is 33.1 Å². The van der Waals surface area contributed by atoms with Crippen LogP contribution in [0, 0.1) is 0 Å². The van der Waals surface area contributed by atoms with Gasteiger partial charge in [-0.25, -0.2) is 0 Å². The zero-order chi connectivity index (χ0) is 11.3. The molecule has 1 aromatic carbocycles. The third-order valence-electron chi connectivity index (χ3n) is 2.66. The smallest absolute Gasteiger partial charge is 0.0992 e. The van der Waals surface area contributed by atoms with E-state index in [2.05, 4.69) is 68.8 Å². The Kier molecular flexibility index (Phi) is 4.40. The van der Waals surface area contributed by atoms with Crippen molar-refractivity contribution >= 4 is 20.0 Å². The van der Waals surface area contributed by atoms with Crippen LogP contribution in [0.4, 0.5) is 0 Å². The molecule has 0 aliphatic rings. The average Bonchev–Trinajstić information content (AvgIpc) is 2.18. The van der Waals surface area contributed by atoms with Gasteiger partial charge in [0, 0.05) is 0 Å². The Labute approximate surface area is 95.5 Å². The quantitative estimate of drug-likeness (QED) is 0.676. The molecule has 0 N–H and O–H groups in total. The molecule has 0 saturated carbocycles. The van der Waals surface area contributed by atoms with Gasteiger partial charge in [-0.3, -0.25) is 0 Å². The maximum atomic E-state index is 2.46. The lowest BCUT2D eigenvalue weighted by Gasteiger charge is -2.18. The fourth-order valence-electron chi connectivity index (χ4n) is 1.60. The van der Waals surface area contributed by atoms with Crippen LogP contribution in [-0.4, -0.2) is 14.8 Å². The molecular formula is C13H21BSi. The average molecular weight is 216 g/mol. The summed E-state index contributed by atoms with van der Waals surface area (Å²) in [7, 11) is -1.33. The van der Waals surface area contributed by atoms with Gasteiger partial charge in [0.2, 0.25) is 0 Å². The van der Waals surface area contributed by atoms with E-state index < -0.39 is 8.07 Å². The largest absolute Gasteiger partial charge is 0.137 e. The molecule has 0 unspecified atom stereocenters. The van der Waals surface area contributed by atoms with Crippen molar-refractivity contribution in [3.8, 4) is 0 Å². The van der Waals surface area contributed by atoms with Gasteiger partial charge in [-0.15, -0.1) is 0 Å². The van der Waals surface area contributed by atoms with Crippen LogP contribution in [-0.2, 0) is 0 Å². The molecule has 0 radical (unpaired) electrons. The van der Waals surface area contributed by atoms with Crippen LogP contribution in [0.5, 0.6) is 0 Å². The highest BCUT2D eigenvalue weighted by atomic mass is 28.3. The Hall–Kier alpha value is -0.758. The van der Waals surface area contributed by atoms with E-state index in [1.807, 2.05) is 0 Å². The van der Waals surface area contributed by atoms with Gasteiger partial charge < -0.3 is 0 Å². The van der Waals surface area contributed by atoms with Gasteiger partial charge >= 0.3 is 0 Å². The van der Waals surface area contributed by atoms with Crippen LogP contribution in [0.15, 0.2) is 42.1 Å². The lowest BCUT2D eigenvalue weighted by atomic mass is 9.52. The molecular weight excluding hydrogens is 195 g/mol. The number of allylic oxidation sites excluding steroid dienone is 1. The fraction of sp³-hybridized carbons (Fsp3) is 0.385. The van der Waals surface area contributed by atoms with E-state index in [1.54, 1.807) is 0 Å². The molecule has 0 aliphatic heterocycles. The summed E-state index contributed by atoms with van der Waals surface area (Å²) in [5.41, 5.74) is 2.46. The number of rotatable bonds is 4. The van der Waals surface area contributed by atoms with Crippen molar-refractivity contribution in [2.24, 2.45) is 0 Å². The first kappa shape index (κ1) is 12.3. The normalized spacial score (nSPS) is 12.0. The van der Waals surface area contributed by atoms with E-state index in [4.69, 9.17) is 0 Å². The van der Waals surface area contributed by atoms with Crippen LogP contribution >= 0.6 is 0 Å². The van der Waals surface area contributed by atoms with Crippen molar-refractivity contribution in [3.63, 3.8) is 0 Å². The van der Waals surface area contributed by atoms with E-state index in [-0.39, 0.29) is 0 Å². The van der Waals surface area contributed by atoms with Crippen LogP contribution in [0.1, 0.15) is 0 Å². The Balaban J connectivity index is 2.71. The first-order valence-electron chi connectivity index (χ1n) is 5.75. The highest BCUT2D eigenvalue weighted by Gasteiger charge is 2.18. The summed E-state index contributed by atoms with van der Waals surface area (Å²) in [6.45, 7) is 10.1. The molecule has 15 heavy (non-hydrogen) atoms. The standard InChI is InChI=1S/C13H21BSi/c1-14(2)11-8-12-15(3,4)13-9-6-5-7-10-13/h5-10,12H,11H2,1-4H3. The number of hydrogen-bond acceptors (Lipinski definition) is 0. The van der Waals surface area contributed by atoms with Crippen molar-refractivity contribution in [1.82, 2.24) is 0 Å². The molecule has 1 rings (SSSR count). The van der Waals surface area contributed by atoms with Gasteiger partial charge in [0.05, 0.1) is 0 Å². The maximum Gasteiger partial charge on any atom is 0.137 e. The third kappa shape index (κ3) is 4.08. The Morgan fingerprint density at radius 3 is 2.27 bits per heavy atom. The summed E-state index contributed by atoms with van der Waals surface area (Å²) < 4.78 is 0. The first-order valence-corrected chi connectivity index (χ1v) is 8.83. The van der Waals surface area contributed by atoms with Crippen LogP contribution in [0.3, 0.4) is 0 Å². The van der Waals surface area contributed by atoms with Gasteiger partial charge in [-0.05, 0) is 0 Å². The van der Waals surface area contributed by atoms with Crippen molar-refractivity contribution < 1.29 is 0 Å². The molecule has 0 aromatic heterocycles. The monoisotopic (exact) mass is 216 g/mol. The summed E-state index contributed by atoms with van der Waals surface area (Å²) >= 11 is 0. The molecule has 0 aliphatic carbocycles. The lowest BCUT2D eigenvalue weighted by molar-refractivity contribution is 1.60. The van der Waals surface area contributed by atoms with Crippen molar-refractivity contribution in [3.05, 3.63) is 42.1 Å². The molecule has 0 fully saturated rings. The minimum absolute atomic E-state index is 0.766. The summed E-state index contributed by atoms with van der Waals surface area (Å²) in [4.78, 5) is 0. The molecule has 0 atom stereocenters. The predicted molar refractivity (Wildman–Crippen MR) is 75.0 cm³/mol. The molecule has 0 spiro atoms. The van der Waals surface area contributed by atoms with Gasteiger partial charge in [-0.2, -0.15) is 0 Å². The Morgan fingerprint density at radius 1 is 1.13 bits per heavy atom. The van der Waals surface area contributed by atoms with Gasteiger partial charge in [0.15, 0.2) is 0 Å². The van der Waals surface area contributed by atoms with Crippen LogP contribution in [0.2, 0.25) is 33.1 Å². The lowest BCUT2D eigenvalue weighted by Crippen LogP contribution is -2.39. The first-order chi connectivity index (χ1) is 7.02. The molecule has 0 bridgehead atoms. The predicted octanol–water partition coefficient (Wildman–Crippen LogP) is 3.45. The summed E-state index contributed by atoms with van der Waals surface area (Å²) in [5, 5.41) is 1.52. The van der Waals surface area contributed by atoms with E-state index >= 15 is 0 Å². The van der Waals surface area contributed by atoms with Crippen molar-refractivity contribution in [1.29, 1.82) is 0 Å². The number of benzene rings is 1. The molecule has 0 saturated heterocycles.